The van der Waals surface area contributed by atoms with Crippen LogP contribution in [0.25, 0.3) is 72.7 Å². The first-order valence-electron chi connectivity index (χ1n) is 24.5. The van der Waals surface area contributed by atoms with Gasteiger partial charge in [-0.2, -0.15) is 0 Å². The Hall–Kier alpha value is -6.26. The predicted molar refractivity (Wildman–Crippen MR) is 249 cm³/mol. The molecule has 0 saturated carbocycles. The Morgan fingerprint density at radius 2 is 1.25 bits per heavy atom. The number of benzene rings is 6. The zero-order chi connectivity index (χ0) is 49.4. The number of hydrogen-bond acceptors (Lipinski definition) is 3. The molecule has 4 heteroatoms. The fraction of sp³-hybridized carbons (Fsp3) is 0.236. The molecule has 0 bridgehead atoms. The van der Waals surface area contributed by atoms with Gasteiger partial charge in [-0.3, -0.25) is 9.55 Å². The summed E-state index contributed by atoms with van der Waals surface area (Å²) in [6, 6.07) is 44.8. The molecule has 2 heterocycles. The molecule has 59 heavy (non-hydrogen) atoms. The van der Waals surface area contributed by atoms with E-state index in [-0.39, 0.29) is 22.2 Å². The van der Waals surface area contributed by atoms with Crippen LogP contribution in [0.15, 0.2) is 146 Å². The first-order valence-corrected chi connectivity index (χ1v) is 20.0. The SMILES string of the molecule is [2H]C([2H])([2H])C(c1cccc(-c2nc3c(-c4cc(-c5cc(-c6ccc(C)cc6)ccn5)cc(C(C)(C)C)c4)cccc3n2-c2ccc(-c3ccccc3)c(C(C)(C)C)c2)c1O)(C([2H])([2H])[2H])C([2H])([2H])[2H]. The summed E-state index contributed by atoms with van der Waals surface area (Å²) in [6.07, 6.45) is 1.82. The van der Waals surface area contributed by atoms with E-state index in [2.05, 4.69) is 115 Å². The maximum Gasteiger partial charge on any atom is 0.149 e. The lowest BCUT2D eigenvalue weighted by atomic mass is 9.81. The molecular formula is C55H55N3O. The molecule has 1 N–H and O–H groups in total. The van der Waals surface area contributed by atoms with Crippen molar-refractivity contribution in [2.45, 2.75) is 85.3 Å². The van der Waals surface area contributed by atoms with Gasteiger partial charge in [0, 0.05) is 35.3 Å². The number of imidazole rings is 1. The minimum Gasteiger partial charge on any atom is -0.507 e. The third-order valence-corrected chi connectivity index (χ3v) is 11.1. The molecule has 6 aromatic carbocycles. The van der Waals surface area contributed by atoms with Gasteiger partial charge in [0.25, 0.3) is 0 Å². The van der Waals surface area contributed by atoms with Crippen molar-refractivity contribution in [3.05, 3.63) is 168 Å². The van der Waals surface area contributed by atoms with Crippen molar-refractivity contribution >= 4 is 11.0 Å². The molecule has 2 aromatic heterocycles. The molecule has 0 fully saturated rings. The molecule has 0 aliphatic heterocycles. The Morgan fingerprint density at radius 1 is 0.542 bits per heavy atom. The van der Waals surface area contributed by atoms with Gasteiger partial charge in [-0.15, -0.1) is 0 Å². The largest absolute Gasteiger partial charge is 0.507 e. The second kappa shape index (κ2) is 14.8. The molecule has 0 spiro atoms. The molecule has 0 aliphatic carbocycles. The molecule has 296 valence electrons. The molecule has 0 unspecified atom stereocenters. The third-order valence-electron chi connectivity index (χ3n) is 11.1. The first-order chi connectivity index (χ1) is 31.7. The molecule has 0 amide bonds. The van der Waals surface area contributed by atoms with Crippen LogP contribution in [0.3, 0.4) is 0 Å². The van der Waals surface area contributed by atoms with Gasteiger partial charge in [0.1, 0.15) is 11.6 Å². The maximum atomic E-state index is 12.4. The van der Waals surface area contributed by atoms with Crippen LogP contribution >= 0.6 is 0 Å². The number of hydrogen-bond donors (Lipinski definition) is 1. The van der Waals surface area contributed by atoms with E-state index in [0.29, 0.717) is 16.7 Å². The van der Waals surface area contributed by atoms with Gasteiger partial charge in [-0.25, -0.2) is 4.98 Å². The Bertz CT molecular complexity index is 3130. The summed E-state index contributed by atoms with van der Waals surface area (Å²) in [6.45, 7) is 4.08. The highest BCUT2D eigenvalue weighted by molar-refractivity contribution is 5.97. The van der Waals surface area contributed by atoms with Crippen LogP contribution in [0.5, 0.6) is 5.75 Å². The molecule has 8 rings (SSSR count). The Morgan fingerprint density at radius 3 is 1.97 bits per heavy atom. The number of phenols is 1. The first kappa shape index (κ1) is 29.9. The van der Waals surface area contributed by atoms with Crippen LogP contribution in [-0.4, -0.2) is 19.6 Å². The van der Waals surface area contributed by atoms with Gasteiger partial charge in [0.15, 0.2) is 0 Å². The third kappa shape index (κ3) is 7.72. The zero-order valence-electron chi connectivity index (χ0n) is 43.6. The van der Waals surface area contributed by atoms with Crippen LogP contribution < -0.4 is 0 Å². The summed E-state index contributed by atoms with van der Waals surface area (Å²) in [5, 5.41) is 12.4. The smallest absolute Gasteiger partial charge is 0.149 e. The Labute approximate surface area is 362 Å². The molecule has 4 nitrogen and oxygen atoms in total. The summed E-state index contributed by atoms with van der Waals surface area (Å²) in [5.41, 5.74) is 7.56. The van der Waals surface area contributed by atoms with Crippen LogP contribution in [0.2, 0.25) is 0 Å². The van der Waals surface area contributed by atoms with E-state index in [0.717, 1.165) is 61.8 Å². The summed E-state index contributed by atoms with van der Waals surface area (Å²) in [5.74, 6) is -0.656. The van der Waals surface area contributed by atoms with Crippen molar-refractivity contribution in [1.82, 2.24) is 14.5 Å². The summed E-state index contributed by atoms with van der Waals surface area (Å²) < 4.78 is 78.4. The van der Waals surface area contributed by atoms with Crippen LogP contribution in [0.4, 0.5) is 0 Å². The number of aromatic hydroxyl groups is 1. The number of aromatic nitrogens is 3. The Balaban J connectivity index is 1.44. The van der Waals surface area contributed by atoms with E-state index in [9.17, 15) is 5.11 Å². The topological polar surface area (TPSA) is 50.9 Å². The van der Waals surface area contributed by atoms with Crippen molar-refractivity contribution in [3.63, 3.8) is 0 Å². The van der Waals surface area contributed by atoms with Gasteiger partial charge < -0.3 is 5.11 Å². The highest BCUT2D eigenvalue weighted by Crippen LogP contribution is 2.44. The second-order valence-corrected chi connectivity index (χ2v) is 17.6. The van der Waals surface area contributed by atoms with Gasteiger partial charge in [-0.1, -0.05) is 159 Å². The van der Waals surface area contributed by atoms with E-state index < -0.39 is 37.3 Å². The number of nitrogens with zero attached hydrogens (tertiary/aromatic N) is 3. The van der Waals surface area contributed by atoms with Gasteiger partial charge >= 0.3 is 0 Å². The number of pyridine rings is 1. The maximum absolute atomic E-state index is 12.4. The lowest BCUT2D eigenvalue weighted by Crippen LogP contribution is -2.14. The fourth-order valence-corrected chi connectivity index (χ4v) is 7.84. The molecule has 0 radical (unpaired) electrons. The molecule has 0 saturated heterocycles. The van der Waals surface area contributed by atoms with Crippen molar-refractivity contribution in [2.75, 3.05) is 0 Å². The van der Waals surface area contributed by atoms with Crippen LogP contribution in [-0.2, 0) is 16.2 Å². The van der Waals surface area contributed by atoms with Crippen LogP contribution in [0.1, 0.15) is 96.7 Å². The predicted octanol–water partition coefficient (Wildman–Crippen LogP) is 14.7. The number of rotatable bonds is 6. The summed E-state index contributed by atoms with van der Waals surface area (Å²) in [7, 11) is 0. The number of fused-ring (bicyclic) bond motifs is 1. The van der Waals surface area contributed by atoms with Crippen molar-refractivity contribution in [2.24, 2.45) is 0 Å². The summed E-state index contributed by atoms with van der Waals surface area (Å²) in [4.78, 5) is 10.1. The minimum atomic E-state index is -3.61. The van der Waals surface area contributed by atoms with Gasteiger partial charge in [0.2, 0.25) is 0 Å². The number of aryl methyl sites for hydroxylation is 1. The van der Waals surface area contributed by atoms with Gasteiger partial charge in [0.05, 0.1) is 22.3 Å². The van der Waals surface area contributed by atoms with Gasteiger partial charge in [-0.05, 0) is 116 Å². The van der Waals surface area contributed by atoms with E-state index >= 15 is 0 Å². The molecule has 0 aliphatic rings. The van der Waals surface area contributed by atoms with E-state index in [1.807, 2.05) is 65.4 Å². The molecular weight excluding hydrogens is 719 g/mol. The van der Waals surface area contributed by atoms with E-state index in [4.69, 9.17) is 22.3 Å². The van der Waals surface area contributed by atoms with Crippen LogP contribution in [0, 0.1) is 6.92 Å². The number of para-hydroxylation sites is 2. The zero-order valence-corrected chi connectivity index (χ0v) is 34.6. The molecule has 8 aromatic rings. The lowest BCUT2D eigenvalue weighted by molar-refractivity contribution is 0.448. The standard InChI is InChI=1S/C55H55N3O/c1-35-22-24-36(25-23-35)38-28-29-56-48(33-38)40-30-39(31-41(32-40)53(2,3)4)44-18-15-21-49-50(44)57-52(45-19-14-20-46(51(45)59)54(5,6)7)58(49)42-26-27-43(37-16-12-11-13-17-37)47(34-42)55(8,9)10/h11-34,59H,1-10H3/i5D3,6D3,7D3. The second-order valence-electron chi connectivity index (χ2n) is 17.6. The average Bonchev–Trinajstić information content (AvgIpc) is 3.65. The highest BCUT2D eigenvalue weighted by Gasteiger charge is 2.27. The normalized spacial score (nSPS) is 15.2. The van der Waals surface area contributed by atoms with Crippen molar-refractivity contribution in [1.29, 1.82) is 0 Å². The average molecular weight is 783 g/mol. The van der Waals surface area contributed by atoms with Crippen molar-refractivity contribution in [3.8, 4) is 67.5 Å². The number of phenolic OH excluding ortho intramolecular Hbond substituents is 1. The highest BCUT2D eigenvalue weighted by atomic mass is 16.3. The fourth-order valence-electron chi connectivity index (χ4n) is 7.84. The van der Waals surface area contributed by atoms with E-state index in [1.165, 1.54) is 17.7 Å². The van der Waals surface area contributed by atoms with Crippen molar-refractivity contribution < 1.29 is 17.4 Å². The quantitative estimate of drug-likeness (QED) is 0.183. The molecule has 0 atom stereocenters. The lowest BCUT2D eigenvalue weighted by Gasteiger charge is -2.25. The monoisotopic (exact) mass is 782 g/mol. The van der Waals surface area contributed by atoms with E-state index in [1.54, 1.807) is 0 Å². The summed E-state index contributed by atoms with van der Waals surface area (Å²) >= 11 is 0. The minimum absolute atomic E-state index is 0.0440. The Kier molecular flexibility index (Phi) is 7.52.